The second-order valence-electron chi connectivity index (χ2n) is 3.19. The molecule has 1 aromatic heterocycles. The minimum Gasteiger partial charge on any atom is -0.298 e. The molecule has 5 heteroatoms. The monoisotopic (exact) mass is 250 g/mol. The Morgan fingerprint density at radius 2 is 2.12 bits per heavy atom. The summed E-state index contributed by atoms with van der Waals surface area (Å²) in [5.41, 5.74) is 2.73. The molecule has 0 bridgehead atoms. The van der Waals surface area contributed by atoms with Gasteiger partial charge in [-0.05, 0) is 5.56 Å². The lowest BCUT2D eigenvalue weighted by Gasteiger charge is -1.99. The van der Waals surface area contributed by atoms with Crippen molar-refractivity contribution in [3.63, 3.8) is 0 Å². The van der Waals surface area contributed by atoms with Crippen LogP contribution in [0.3, 0.4) is 0 Å². The van der Waals surface area contributed by atoms with Crippen LogP contribution in [0, 0.1) is 0 Å². The zero-order valence-corrected chi connectivity index (χ0v) is 10.1. The molecule has 0 aliphatic rings. The summed E-state index contributed by atoms with van der Waals surface area (Å²) in [7, 11) is 0. The number of aromatic nitrogens is 2. The quantitative estimate of drug-likeness (QED) is 0.764. The van der Waals surface area contributed by atoms with E-state index in [0.29, 0.717) is 12.2 Å². The highest BCUT2D eigenvalue weighted by Gasteiger charge is 2.06. The topological polar surface area (TPSA) is 42.9 Å². The molecule has 16 heavy (non-hydrogen) atoms. The van der Waals surface area contributed by atoms with E-state index in [1.54, 1.807) is 5.51 Å². The Morgan fingerprint density at radius 1 is 1.31 bits per heavy atom. The highest BCUT2D eigenvalue weighted by atomic mass is 32.2. The molecule has 1 heterocycles. The van der Waals surface area contributed by atoms with Gasteiger partial charge in [0.1, 0.15) is 11.3 Å². The number of Topliss-reactive ketones (excluding diaryl/α,β-unsaturated/α-hetero) is 1. The van der Waals surface area contributed by atoms with Gasteiger partial charge < -0.3 is 0 Å². The lowest BCUT2D eigenvalue weighted by atomic mass is 10.1. The Bertz CT molecular complexity index is 442. The molecule has 0 saturated heterocycles. The molecule has 0 fully saturated rings. The molecule has 0 unspecified atom stereocenters. The van der Waals surface area contributed by atoms with E-state index in [1.807, 2.05) is 30.3 Å². The summed E-state index contributed by atoms with van der Waals surface area (Å²) in [6, 6.07) is 9.77. The molecule has 82 valence electrons. The van der Waals surface area contributed by atoms with Gasteiger partial charge in [0, 0.05) is 6.42 Å². The molecule has 0 atom stereocenters. The molecule has 0 spiro atoms. The molecule has 0 radical (unpaired) electrons. The fourth-order valence-electron chi connectivity index (χ4n) is 1.24. The number of thioether (sulfide) groups is 1. The molecule has 0 aliphatic carbocycles. The van der Waals surface area contributed by atoms with E-state index in [0.717, 1.165) is 9.90 Å². The van der Waals surface area contributed by atoms with Crippen molar-refractivity contribution in [1.29, 1.82) is 0 Å². The fraction of sp³-hybridized carbons (Fsp3) is 0.182. The Balaban J connectivity index is 1.81. The molecule has 0 aliphatic heterocycles. The van der Waals surface area contributed by atoms with Crippen molar-refractivity contribution < 1.29 is 4.79 Å². The van der Waals surface area contributed by atoms with Crippen LogP contribution in [0.15, 0.2) is 40.2 Å². The molecule has 2 aromatic rings. The van der Waals surface area contributed by atoms with Crippen LogP contribution in [0.25, 0.3) is 0 Å². The maximum absolute atomic E-state index is 11.6. The molecule has 0 amide bonds. The lowest BCUT2D eigenvalue weighted by Crippen LogP contribution is -2.05. The molecular weight excluding hydrogens is 240 g/mol. The van der Waals surface area contributed by atoms with E-state index < -0.39 is 0 Å². The first-order chi connectivity index (χ1) is 7.84. The van der Waals surface area contributed by atoms with E-state index in [-0.39, 0.29) is 5.78 Å². The third-order valence-electron chi connectivity index (χ3n) is 1.94. The predicted molar refractivity (Wildman–Crippen MR) is 65.8 cm³/mol. The molecule has 2 rings (SSSR count). The first-order valence-corrected chi connectivity index (χ1v) is 6.66. The van der Waals surface area contributed by atoms with Gasteiger partial charge in [0.25, 0.3) is 0 Å². The second kappa shape index (κ2) is 5.77. The van der Waals surface area contributed by atoms with Crippen molar-refractivity contribution in [2.75, 3.05) is 5.75 Å². The normalized spacial score (nSPS) is 10.2. The van der Waals surface area contributed by atoms with Gasteiger partial charge in [0.05, 0.1) is 5.75 Å². The van der Waals surface area contributed by atoms with Crippen LogP contribution in [0.5, 0.6) is 0 Å². The third-order valence-corrected chi connectivity index (χ3v) is 3.86. The Morgan fingerprint density at radius 3 is 2.81 bits per heavy atom. The lowest BCUT2D eigenvalue weighted by molar-refractivity contribution is -0.116. The summed E-state index contributed by atoms with van der Waals surface area (Å²) in [6.07, 6.45) is 0.493. The van der Waals surface area contributed by atoms with Crippen LogP contribution in [0.2, 0.25) is 0 Å². The summed E-state index contributed by atoms with van der Waals surface area (Å²) in [6.45, 7) is 0. The summed E-state index contributed by atoms with van der Waals surface area (Å²) >= 11 is 2.91. The number of rotatable bonds is 5. The Labute approximate surface area is 102 Å². The molecule has 0 saturated carbocycles. The minimum atomic E-state index is 0.214. The number of carbonyl (C=O) groups is 1. The number of nitrogens with zero attached hydrogens (tertiary/aromatic N) is 2. The minimum absolute atomic E-state index is 0.214. The molecule has 1 aromatic carbocycles. The van der Waals surface area contributed by atoms with Crippen molar-refractivity contribution in [3.8, 4) is 0 Å². The fourth-order valence-corrected chi connectivity index (χ4v) is 2.59. The van der Waals surface area contributed by atoms with E-state index in [9.17, 15) is 4.79 Å². The SMILES string of the molecule is O=C(CSc1nncs1)Cc1ccccc1. The van der Waals surface area contributed by atoms with Crippen molar-refractivity contribution in [2.45, 2.75) is 10.8 Å². The van der Waals surface area contributed by atoms with E-state index in [1.165, 1.54) is 23.1 Å². The molecule has 3 nitrogen and oxygen atoms in total. The van der Waals surface area contributed by atoms with Gasteiger partial charge in [-0.1, -0.05) is 53.4 Å². The maximum atomic E-state index is 11.6. The van der Waals surface area contributed by atoms with Crippen molar-refractivity contribution >= 4 is 28.9 Å². The van der Waals surface area contributed by atoms with Gasteiger partial charge in [-0.25, -0.2) is 0 Å². The number of hydrogen-bond donors (Lipinski definition) is 0. The highest BCUT2D eigenvalue weighted by molar-refractivity contribution is 8.01. The first kappa shape index (κ1) is 11.3. The number of hydrogen-bond acceptors (Lipinski definition) is 5. The van der Waals surface area contributed by atoms with Crippen LogP contribution in [0.1, 0.15) is 5.56 Å². The van der Waals surface area contributed by atoms with Crippen LogP contribution >= 0.6 is 23.1 Å². The number of carbonyl (C=O) groups excluding carboxylic acids is 1. The zero-order chi connectivity index (χ0) is 11.2. The van der Waals surface area contributed by atoms with Gasteiger partial charge in [-0.15, -0.1) is 10.2 Å². The number of benzene rings is 1. The highest BCUT2D eigenvalue weighted by Crippen LogP contribution is 2.19. The maximum Gasteiger partial charge on any atom is 0.174 e. The average Bonchev–Trinajstić information content (AvgIpc) is 2.81. The van der Waals surface area contributed by atoms with E-state index in [4.69, 9.17) is 0 Å². The summed E-state index contributed by atoms with van der Waals surface area (Å²) in [4.78, 5) is 11.6. The van der Waals surface area contributed by atoms with Crippen LogP contribution in [-0.2, 0) is 11.2 Å². The van der Waals surface area contributed by atoms with E-state index in [2.05, 4.69) is 10.2 Å². The van der Waals surface area contributed by atoms with E-state index >= 15 is 0 Å². The molecule has 0 N–H and O–H groups in total. The smallest absolute Gasteiger partial charge is 0.174 e. The van der Waals surface area contributed by atoms with Gasteiger partial charge in [0.2, 0.25) is 0 Å². The van der Waals surface area contributed by atoms with Gasteiger partial charge in [0.15, 0.2) is 4.34 Å². The van der Waals surface area contributed by atoms with Gasteiger partial charge >= 0.3 is 0 Å². The van der Waals surface area contributed by atoms with Crippen LogP contribution in [0.4, 0.5) is 0 Å². The summed E-state index contributed by atoms with van der Waals surface area (Å²) < 4.78 is 0.849. The Kier molecular flexibility index (Phi) is 4.07. The number of ketones is 1. The van der Waals surface area contributed by atoms with Gasteiger partial charge in [-0.2, -0.15) is 0 Å². The van der Waals surface area contributed by atoms with Crippen molar-refractivity contribution in [1.82, 2.24) is 10.2 Å². The third kappa shape index (κ3) is 3.43. The summed E-state index contributed by atoms with van der Waals surface area (Å²) in [5.74, 6) is 0.677. The first-order valence-electron chi connectivity index (χ1n) is 4.79. The average molecular weight is 250 g/mol. The summed E-state index contributed by atoms with van der Waals surface area (Å²) in [5, 5.41) is 7.59. The van der Waals surface area contributed by atoms with Gasteiger partial charge in [-0.3, -0.25) is 4.79 Å². The second-order valence-corrected chi connectivity index (χ2v) is 5.25. The largest absolute Gasteiger partial charge is 0.298 e. The van der Waals surface area contributed by atoms with Crippen LogP contribution in [-0.4, -0.2) is 21.7 Å². The van der Waals surface area contributed by atoms with Crippen molar-refractivity contribution in [3.05, 3.63) is 41.4 Å². The predicted octanol–water partition coefficient (Wildman–Crippen LogP) is 2.44. The van der Waals surface area contributed by atoms with Crippen LogP contribution < -0.4 is 0 Å². The zero-order valence-electron chi connectivity index (χ0n) is 8.50. The van der Waals surface area contributed by atoms with Crippen molar-refractivity contribution in [2.24, 2.45) is 0 Å². The standard InChI is InChI=1S/C11H10N2OS2/c14-10(6-9-4-2-1-3-5-9)7-15-11-13-12-8-16-11/h1-5,8H,6-7H2. The molecular formula is C11H10N2OS2. The Hall–Kier alpha value is -1.20.